The van der Waals surface area contributed by atoms with Gasteiger partial charge in [-0.05, 0) is 26.0 Å². The molecule has 0 unspecified atom stereocenters. The molecule has 144 valence electrons. The predicted molar refractivity (Wildman–Crippen MR) is 108 cm³/mol. The molecule has 0 spiro atoms. The first-order chi connectivity index (χ1) is 13.5. The van der Waals surface area contributed by atoms with Crippen LogP contribution in [0.1, 0.15) is 22.8 Å². The van der Waals surface area contributed by atoms with E-state index in [0.717, 1.165) is 22.9 Å². The van der Waals surface area contributed by atoms with Crippen LogP contribution >= 0.6 is 11.8 Å². The SMILES string of the molecule is Cc1ccc(-c2nnc(S[C@@H](C)C(=O)NNC(=O)c3ccccc3)n2N)cc1. The molecule has 0 saturated carbocycles. The lowest BCUT2D eigenvalue weighted by Crippen LogP contribution is -2.45. The number of aryl methyl sites for hydroxylation is 1. The summed E-state index contributed by atoms with van der Waals surface area (Å²) in [6.07, 6.45) is 0. The van der Waals surface area contributed by atoms with Crippen molar-refractivity contribution in [3.63, 3.8) is 0 Å². The minimum atomic E-state index is -0.548. The number of amides is 2. The third kappa shape index (κ3) is 4.49. The number of thioether (sulfide) groups is 1. The van der Waals surface area contributed by atoms with E-state index in [4.69, 9.17) is 5.84 Å². The summed E-state index contributed by atoms with van der Waals surface area (Å²) in [6.45, 7) is 3.68. The van der Waals surface area contributed by atoms with Crippen LogP contribution in [0.25, 0.3) is 11.4 Å². The van der Waals surface area contributed by atoms with E-state index >= 15 is 0 Å². The summed E-state index contributed by atoms with van der Waals surface area (Å²) >= 11 is 1.15. The van der Waals surface area contributed by atoms with E-state index in [1.807, 2.05) is 37.3 Å². The van der Waals surface area contributed by atoms with Crippen LogP contribution in [0.15, 0.2) is 59.8 Å². The maximum absolute atomic E-state index is 12.3. The minimum absolute atomic E-state index is 0.380. The Balaban J connectivity index is 1.60. The number of hydrogen-bond acceptors (Lipinski definition) is 6. The van der Waals surface area contributed by atoms with Crippen molar-refractivity contribution >= 4 is 23.6 Å². The van der Waals surface area contributed by atoms with E-state index in [-0.39, 0.29) is 5.91 Å². The minimum Gasteiger partial charge on any atom is -0.335 e. The van der Waals surface area contributed by atoms with Crippen LogP contribution in [0.3, 0.4) is 0 Å². The molecule has 0 bridgehead atoms. The fourth-order valence-electron chi connectivity index (χ4n) is 2.35. The van der Waals surface area contributed by atoms with E-state index in [2.05, 4.69) is 21.0 Å². The normalized spacial score (nSPS) is 11.6. The molecule has 1 heterocycles. The average Bonchev–Trinajstić information content (AvgIpc) is 3.07. The number of benzene rings is 2. The first-order valence-corrected chi connectivity index (χ1v) is 9.43. The summed E-state index contributed by atoms with van der Waals surface area (Å²) in [4.78, 5) is 24.3. The fourth-order valence-corrected chi connectivity index (χ4v) is 3.12. The van der Waals surface area contributed by atoms with Crippen LogP contribution < -0.4 is 16.7 Å². The zero-order chi connectivity index (χ0) is 20.1. The highest BCUT2D eigenvalue weighted by atomic mass is 32.2. The molecule has 0 saturated heterocycles. The highest BCUT2D eigenvalue weighted by molar-refractivity contribution is 8.00. The average molecular weight is 396 g/mol. The van der Waals surface area contributed by atoms with Crippen molar-refractivity contribution in [2.45, 2.75) is 24.3 Å². The van der Waals surface area contributed by atoms with Crippen molar-refractivity contribution in [1.29, 1.82) is 0 Å². The quantitative estimate of drug-likeness (QED) is 0.345. The number of nitrogen functional groups attached to an aromatic ring is 1. The summed E-state index contributed by atoms with van der Waals surface area (Å²) in [6, 6.07) is 16.3. The molecule has 3 rings (SSSR count). The van der Waals surface area contributed by atoms with Gasteiger partial charge in [0.15, 0.2) is 5.82 Å². The molecule has 0 aliphatic heterocycles. The lowest BCUT2D eigenvalue weighted by Gasteiger charge is -2.12. The van der Waals surface area contributed by atoms with Crippen LogP contribution in [0.2, 0.25) is 0 Å². The van der Waals surface area contributed by atoms with Gasteiger partial charge >= 0.3 is 0 Å². The molecular weight excluding hydrogens is 376 g/mol. The Bertz CT molecular complexity index is 972. The third-order valence-electron chi connectivity index (χ3n) is 3.96. The summed E-state index contributed by atoms with van der Waals surface area (Å²) in [5.74, 6) is 5.82. The van der Waals surface area contributed by atoms with Gasteiger partial charge in [-0.3, -0.25) is 20.4 Å². The monoisotopic (exact) mass is 396 g/mol. The van der Waals surface area contributed by atoms with E-state index in [1.165, 1.54) is 4.68 Å². The predicted octanol–water partition coefficient (Wildman–Crippen LogP) is 1.91. The highest BCUT2D eigenvalue weighted by Gasteiger charge is 2.20. The Morgan fingerprint density at radius 1 is 1.04 bits per heavy atom. The number of nitrogens with zero attached hydrogens (tertiary/aromatic N) is 3. The Morgan fingerprint density at radius 2 is 1.71 bits per heavy atom. The smallest absolute Gasteiger partial charge is 0.269 e. The maximum Gasteiger partial charge on any atom is 0.269 e. The molecule has 9 heteroatoms. The molecule has 4 N–H and O–H groups in total. The standard InChI is InChI=1S/C19H20N6O2S/c1-12-8-10-14(11-9-12)16-21-24-19(25(16)20)28-13(2)17(26)22-23-18(27)15-6-4-3-5-7-15/h3-11,13H,20H2,1-2H3,(H,22,26)(H,23,27)/t13-/m0/s1. The summed E-state index contributed by atoms with van der Waals surface area (Å²) in [5.41, 5.74) is 7.21. The van der Waals surface area contributed by atoms with Gasteiger partial charge < -0.3 is 5.84 Å². The van der Waals surface area contributed by atoms with Gasteiger partial charge in [0, 0.05) is 11.1 Å². The first kappa shape index (κ1) is 19.4. The Hall–Kier alpha value is -3.33. The van der Waals surface area contributed by atoms with E-state index in [1.54, 1.807) is 31.2 Å². The van der Waals surface area contributed by atoms with Gasteiger partial charge in [-0.2, -0.15) is 0 Å². The van der Waals surface area contributed by atoms with Gasteiger partial charge in [-0.15, -0.1) is 10.2 Å². The first-order valence-electron chi connectivity index (χ1n) is 8.55. The van der Waals surface area contributed by atoms with Gasteiger partial charge in [0.05, 0.1) is 5.25 Å². The van der Waals surface area contributed by atoms with Crippen LogP contribution in [0, 0.1) is 6.92 Å². The molecule has 0 radical (unpaired) electrons. The molecule has 28 heavy (non-hydrogen) atoms. The number of nitrogens with two attached hydrogens (primary N) is 1. The molecule has 1 atom stereocenters. The van der Waals surface area contributed by atoms with Crippen molar-refractivity contribution in [2.75, 3.05) is 5.84 Å². The largest absolute Gasteiger partial charge is 0.335 e. The van der Waals surface area contributed by atoms with Crippen molar-refractivity contribution in [3.8, 4) is 11.4 Å². The second-order valence-corrected chi connectivity index (χ2v) is 7.42. The Morgan fingerprint density at radius 3 is 2.39 bits per heavy atom. The molecular formula is C19H20N6O2S. The van der Waals surface area contributed by atoms with Gasteiger partial charge in [-0.25, -0.2) is 4.68 Å². The number of hydrazine groups is 1. The summed E-state index contributed by atoms with van der Waals surface area (Å²) in [5, 5.41) is 8.02. The number of rotatable bonds is 5. The second kappa shape index (κ2) is 8.57. The van der Waals surface area contributed by atoms with Crippen molar-refractivity contribution in [1.82, 2.24) is 25.7 Å². The number of nitrogens with one attached hydrogen (secondary N) is 2. The zero-order valence-corrected chi connectivity index (χ0v) is 16.2. The van der Waals surface area contributed by atoms with Gasteiger partial charge in [0.25, 0.3) is 11.8 Å². The number of aromatic nitrogens is 3. The Labute approximate surface area is 166 Å². The highest BCUT2D eigenvalue weighted by Crippen LogP contribution is 2.24. The van der Waals surface area contributed by atoms with Gasteiger partial charge in [0.1, 0.15) is 0 Å². The molecule has 2 amide bonds. The maximum atomic E-state index is 12.3. The van der Waals surface area contributed by atoms with Gasteiger partial charge in [-0.1, -0.05) is 59.8 Å². The van der Waals surface area contributed by atoms with Crippen LogP contribution in [0.4, 0.5) is 0 Å². The lowest BCUT2D eigenvalue weighted by molar-refractivity contribution is -0.121. The summed E-state index contributed by atoms with van der Waals surface area (Å²) < 4.78 is 1.35. The van der Waals surface area contributed by atoms with Crippen LogP contribution in [0.5, 0.6) is 0 Å². The van der Waals surface area contributed by atoms with E-state index < -0.39 is 11.2 Å². The topological polar surface area (TPSA) is 115 Å². The van der Waals surface area contributed by atoms with Crippen LogP contribution in [-0.2, 0) is 4.79 Å². The van der Waals surface area contributed by atoms with E-state index in [0.29, 0.717) is 16.5 Å². The van der Waals surface area contributed by atoms with Crippen LogP contribution in [-0.4, -0.2) is 31.9 Å². The third-order valence-corrected chi connectivity index (χ3v) is 5.02. The number of carbonyl (C=O) groups excluding carboxylic acids is 2. The number of carbonyl (C=O) groups is 2. The fraction of sp³-hybridized carbons (Fsp3) is 0.158. The van der Waals surface area contributed by atoms with E-state index in [9.17, 15) is 9.59 Å². The van der Waals surface area contributed by atoms with Crippen molar-refractivity contribution < 1.29 is 9.59 Å². The molecule has 0 aliphatic carbocycles. The molecule has 3 aromatic rings. The Kier molecular flexibility index (Phi) is 5.95. The van der Waals surface area contributed by atoms with Crippen molar-refractivity contribution in [3.05, 3.63) is 65.7 Å². The molecule has 1 aromatic heterocycles. The molecule has 0 aliphatic rings. The van der Waals surface area contributed by atoms with Crippen molar-refractivity contribution in [2.24, 2.45) is 0 Å². The van der Waals surface area contributed by atoms with Gasteiger partial charge in [0.2, 0.25) is 5.16 Å². The lowest BCUT2D eigenvalue weighted by atomic mass is 10.1. The second-order valence-electron chi connectivity index (χ2n) is 6.11. The number of hydrogen-bond donors (Lipinski definition) is 3. The summed E-state index contributed by atoms with van der Waals surface area (Å²) in [7, 11) is 0. The molecule has 8 nitrogen and oxygen atoms in total. The molecule has 0 fully saturated rings. The molecule has 2 aromatic carbocycles. The zero-order valence-electron chi connectivity index (χ0n) is 15.4.